The van der Waals surface area contributed by atoms with Crippen molar-refractivity contribution in [2.45, 2.75) is 6.92 Å². The van der Waals surface area contributed by atoms with Gasteiger partial charge in [-0.2, -0.15) is 15.0 Å². The van der Waals surface area contributed by atoms with Crippen molar-refractivity contribution in [1.29, 1.82) is 0 Å². The van der Waals surface area contributed by atoms with E-state index in [0.717, 1.165) is 11.4 Å². The molecule has 0 aromatic carbocycles. The maximum atomic E-state index is 6.41. The number of imidazole rings is 1. The van der Waals surface area contributed by atoms with Gasteiger partial charge in [0.05, 0.1) is 35.9 Å². The Morgan fingerprint density at radius 1 is 1.15 bits per heavy atom. The Balaban J connectivity index is 1.73. The second-order valence-corrected chi connectivity index (χ2v) is 7.18. The highest BCUT2D eigenvalue weighted by atomic mass is 35.5. The molecule has 0 atom stereocenters. The van der Waals surface area contributed by atoms with Crippen molar-refractivity contribution >= 4 is 40.2 Å². The second kappa shape index (κ2) is 6.71. The highest BCUT2D eigenvalue weighted by molar-refractivity contribution is 7.18. The zero-order valence-corrected chi connectivity index (χ0v) is 15.9. The molecule has 0 saturated heterocycles. The lowest BCUT2D eigenvalue weighted by molar-refractivity contribution is 0.375. The van der Waals surface area contributed by atoms with Crippen LogP contribution in [0, 0.1) is 6.92 Å². The lowest BCUT2D eigenvalue weighted by Gasteiger charge is -2.02. The van der Waals surface area contributed by atoms with Crippen molar-refractivity contribution < 1.29 is 9.47 Å². The lowest BCUT2D eigenvalue weighted by Crippen LogP contribution is -1.93. The molecule has 4 aromatic rings. The summed E-state index contributed by atoms with van der Waals surface area (Å²) in [5, 5.41) is 0.926. The van der Waals surface area contributed by atoms with E-state index >= 15 is 0 Å². The van der Waals surface area contributed by atoms with Crippen LogP contribution in [-0.2, 0) is 0 Å². The van der Waals surface area contributed by atoms with E-state index in [2.05, 4.69) is 19.9 Å². The summed E-state index contributed by atoms with van der Waals surface area (Å²) in [6.07, 6.45) is 4.87. The molecule has 0 aliphatic heterocycles. The molecule has 0 spiro atoms. The number of methoxy groups -OCH3 is 1. The number of hydrogen-bond donors (Lipinski definition) is 0. The molecule has 0 unspecified atom stereocenters. The highest BCUT2D eigenvalue weighted by Gasteiger charge is 2.20. The first-order valence-corrected chi connectivity index (χ1v) is 8.98. The smallest absolute Gasteiger partial charge is 0.316 e. The van der Waals surface area contributed by atoms with E-state index in [0.29, 0.717) is 31.6 Å². The van der Waals surface area contributed by atoms with Gasteiger partial charge in [0, 0.05) is 6.20 Å². The summed E-state index contributed by atoms with van der Waals surface area (Å²) >= 11 is 13.8. The van der Waals surface area contributed by atoms with E-state index in [-0.39, 0.29) is 6.01 Å². The molecule has 132 valence electrons. The molecular formula is C16H11Cl2N5O2S. The number of rotatable bonds is 4. The van der Waals surface area contributed by atoms with Crippen molar-refractivity contribution in [1.82, 2.24) is 24.3 Å². The van der Waals surface area contributed by atoms with Crippen LogP contribution in [0.15, 0.2) is 30.7 Å². The number of hydrogen-bond acceptors (Lipinski definition) is 7. The molecule has 4 aromatic heterocycles. The van der Waals surface area contributed by atoms with Gasteiger partial charge in [-0.15, -0.1) is 0 Å². The Hall–Kier alpha value is -2.42. The Labute approximate surface area is 162 Å². The Kier molecular flexibility index (Phi) is 4.39. The van der Waals surface area contributed by atoms with E-state index in [1.807, 2.05) is 23.6 Å². The molecule has 4 rings (SSSR count). The summed E-state index contributed by atoms with van der Waals surface area (Å²) in [7, 11) is 1.49. The van der Waals surface area contributed by atoms with E-state index in [4.69, 9.17) is 32.7 Å². The van der Waals surface area contributed by atoms with Crippen LogP contribution in [-0.4, -0.2) is 31.4 Å². The van der Waals surface area contributed by atoms with Gasteiger partial charge in [0.2, 0.25) is 0 Å². The number of aryl methyl sites for hydroxylation is 1. The Bertz CT molecular complexity index is 1090. The summed E-state index contributed by atoms with van der Waals surface area (Å²) in [5.41, 5.74) is 2.76. The van der Waals surface area contributed by atoms with Gasteiger partial charge in [-0.1, -0.05) is 34.5 Å². The highest BCUT2D eigenvalue weighted by Crippen LogP contribution is 2.39. The minimum Gasteiger partial charge on any atom is -0.467 e. The maximum Gasteiger partial charge on any atom is 0.316 e. The molecule has 0 aliphatic rings. The van der Waals surface area contributed by atoms with Crippen LogP contribution in [0.5, 0.6) is 17.0 Å². The Morgan fingerprint density at radius 2 is 1.92 bits per heavy atom. The molecular weight excluding hydrogens is 397 g/mol. The number of halogens is 2. The fourth-order valence-electron chi connectivity index (χ4n) is 2.47. The average molecular weight is 408 g/mol. The first-order chi connectivity index (χ1) is 12.6. The third kappa shape index (κ3) is 2.96. The Morgan fingerprint density at radius 3 is 2.65 bits per heavy atom. The van der Waals surface area contributed by atoms with Gasteiger partial charge >= 0.3 is 6.01 Å². The first kappa shape index (κ1) is 17.0. The van der Waals surface area contributed by atoms with Gasteiger partial charge in [-0.05, 0) is 19.1 Å². The normalized spacial score (nSPS) is 11.1. The quantitative estimate of drug-likeness (QED) is 0.489. The van der Waals surface area contributed by atoms with Crippen molar-refractivity contribution in [3.63, 3.8) is 0 Å². The van der Waals surface area contributed by atoms with E-state index in [1.54, 1.807) is 6.07 Å². The molecule has 0 amide bonds. The van der Waals surface area contributed by atoms with Gasteiger partial charge in [0.25, 0.3) is 5.19 Å². The molecule has 26 heavy (non-hydrogen) atoms. The largest absolute Gasteiger partial charge is 0.467 e. The van der Waals surface area contributed by atoms with E-state index in [1.165, 1.54) is 30.8 Å². The third-order valence-corrected chi connectivity index (χ3v) is 4.99. The lowest BCUT2D eigenvalue weighted by atomic mass is 10.3. The molecule has 0 radical (unpaired) electrons. The van der Waals surface area contributed by atoms with Crippen molar-refractivity contribution in [3.8, 4) is 28.3 Å². The number of pyridine rings is 1. The zero-order valence-electron chi connectivity index (χ0n) is 13.6. The average Bonchev–Trinajstić information content (AvgIpc) is 3.15. The fraction of sp³-hybridized carbons (Fsp3) is 0.125. The fourth-order valence-corrected chi connectivity index (χ4v) is 3.67. The van der Waals surface area contributed by atoms with Crippen LogP contribution in [0.1, 0.15) is 5.69 Å². The van der Waals surface area contributed by atoms with Gasteiger partial charge in [-0.25, -0.2) is 4.98 Å². The minimum atomic E-state index is 0.258. The standard InChI is InChI=1S/C16H11Cl2N5O2S/c1-8-12(23-5-3-4-10(17)14(23)21-8)11-13(18)26-16(22-11)25-9-6-19-15(24-2)20-7-9/h3-7H,1-2H3. The topological polar surface area (TPSA) is 74.4 Å². The molecule has 0 N–H and O–H groups in total. The van der Waals surface area contributed by atoms with Crippen LogP contribution in [0.4, 0.5) is 0 Å². The zero-order chi connectivity index (χ0) is 18.3. The first-order valence-electron chi connectivity index (χ1n) is 7.40. The van der Waals surface area contributed by atoms with Crippen LogP contribution < -0.4 is 9.47 Å². The number of thiazole rings is 1. The predicted octanol–water partition coefficient (Wildman–Crippen LogP) is 4.66. The number of ether oxygens (including phenoxy) is 2. The summed E-state index contributed by atoms with van der Waals surface area (Å²) in [5.74, 6) is 0.431. The van der Waals surface area contributed by atoms with Gasteiger partial charge in [-0.3, -0.25) is 4.40 Å². The van der Waals surface area contributed by atoms with Gasteiger partial charge in [0.1, 0.15) is 10.0 Å². The molecule has 0 saturated carbocycles. The summed E-state index contributed by atoms with van der Waals surface area (Å²) < 4.78 is 13.0. The number of nitrogens with zero attached hydrogens (tertiary/aromatic N) is 5. The monoisotopic (exact) mass is 407 g/mol. The summed E-state index contributed by atoms with van der Waals surface area (Å²) in [4.78, 5) is 17.0. The molecule has 7 nitrogen and oxygen atoms in total. The van der Waals surface area contributed by atoms with Crippen LogP contribution >= 0.6 is 34.5 Å². The molecule has 0 fully saturated rings. The minimum absolute atomic E-state index is 0.258. The van der Waals surface area contributed by atoms with Crippen LogP contribution in [0.25, 0.3) is 17.0 Å². The summed E-state index contributed by atoms with van der Waals surface area (Å²) in [6, 6.07) is 3.88. The predicted molar refractivity (Wildman–Crippen MR) is 99.7 cm³/mol. The van der Waals surface area contributed by atoms with Gasteiger partial charge in [0.15, 0.2) is 11.4 Å². The third-order valence-electron chi connectivity index (χ3n) is 3.56. The van der Waals surface area contributed by atoms with Crippen LogP contribution in [0.3, 0.4) is 0 Å². The SMILES string of the molecule is COc1ncc(Oc2nc(-c3c(C)nc4c(Cl)cccn34)c(Cl)s2)cn1. The van der Waals surface area contributed by atoms with Crippen molar-refractivity contribution in [3.05, 3.63) is 45.8 Å². The molecule has 10 heteroatoms. The summed E-state index contributed by atoms with van der Waals surface area (Å²) in [6.45, 7) is 1.88. The molecule has 4 heterocycles. The molecule has 0 aliphatic carbocycles. The second-order valence-electron chi connectivity index (χ2n) is 5.21. The molecule has 0 bridgehead atoms. The van der Waals surface area contributed by atoms with Crippen molar-refractivity contribution in [2.24, 2.45) is 0 Å². The van der Waals surface area contributed by atoms with Gasteiger partial charge < -0.3 is 9.47 Å². The van der Waals surface area contributed by atoms with E-state index < -0.39 is 0 Å². The maximum absolute atomic E-state index is 6.41. The van der Waals surface area contributed by atoms with Crippen molar-refractivity contribution in [2.75, 3.05) is 7.11 Å². The number of aromatic nitrogens is 5. The number of fused-ring (bicyclic) bond motifs is 1. The van der Waals surface area contributed by atoms with Crippen LogP contribution in [0.2, 0.25) is 9.36 Å². The van der Waals surface area contributed by atoms with E-state index in [9.17, 15) is 0 Å².